The number of hydrogen-bond donors (Lipinski definition) is 0. The molecule has 0 unspecified atom stereocenters. The number of carbonyl (C=O) groups excluding carboxylic acids is 1. The minimum absolute atomic E-state index is 0. The van der Waals surface area contributed by atoms with Crippen LogP contribution in [0.1, 0.15) is 32.1 Å². The van der Waals surface area contributed by atoms with E-state index in [1.54, 1.807) is 11.3 Å². The largest absolute Gasteiger partial charge is 0.454 e. The van der Waals surface area contributed by atoms with Crippen LogP contribution in [-0.4, -0.2) is 48.7 Å². The van der Waals surface area contributed by atoms with Crippen LogP contribution < -0.4 is 9.47 Å². The van der Waals surface area contributed by atoms with Gasteiger partial charge in [0.15, 0.2) is 11.5 Å². The van der Waals surface area contributed by atoms with E-state index < -0.39 is 0 Å². The first-order valence-electron chi connectivity index (χ1n) is 9.28. The average molecular weight is 407 g/mol. The lowest BCUT2D eigenvalue weighted by atomic mass is 10.1. The molecule has 0 N–H and O–H groups in total. The molecule has 5 nitrogen and oxygen atoms in total. The molecule has 0 bridgehead atoms. The number of aryl methyl sites for hydroxylation is 2. The molecule has 1 aliphatic carbocycles. The standard InChI is InChI=1S/C20H22N2O3S.ClH/c23-20(19-11-15-2-1-3-18(15)26-19)22-8-6-21(7-9-22)12-14-4-5-16-17(10-14)25-13-24-16;/h4-5,10-11H,1-3,6-9,12-13H2;1H. The monoisotopic (exact) mass is 406 g/mol. The number of amides is 1. The van der Waals surface area contributed by atoms with Gasteiger partial charge in [-0.05, 0) is 48.6 Å². The van der Waals surface area contributed by atoms with Crippen LogP contribution >= 0.6 is 23.7 Å². The van der Waals surface area contributed by atoms with Crippen molar-refractivity contribution in [1.29, 1.82) is 0 Å². The number of benzene rings is 1. The third-order valence-corrected chi connectivity index (χ3v) is 6.69. The van der Waals surface area contributed by atoms with Crippen LogP contribution in [0, 0.1) is 0 Å². The molecule has 2 aliphatic heterocycles. The van der Waals surface area contributed by atoms with E-state index in [0.717, 1.165) is 61.9 Å². The molecule has 1 aromatic carbocycles. The molecule has 1 saturated heterocycles. The van der Waals surface area contributed by atoms with E-state index in [1.165, 1.54) is 22.4 Å². The second-order valence-corrected chi connectivity index (χ2v) is 8.31. The van der Waals surface area contributed by atoms with Crippen molar-refractivity contribution < 1.29 is 14.3 Å². The molecule has 0 spiro atoms. The van der Waals surface area contributed by atoms with Crippen molar-refractivity contribution in [1.82, 2.24) is 9.80 Å². The number of carbonyl (C=O) groups is 1. The van der Waals surface area contributed by atoms with Crippen molar-refractivity contribution >= 4 is 29.7 Å². The van der Waals surface area contributed by atoms with Gasteiger partial charge < -0.3 is 14.4 Å². The lowest BCUT2D eigenvalue weighted by Gasteiger charge is -2.34. The smallest absolute Gasteiger partial charge is 0.264 e. The molecule has 3 aliphatic rings. The number of ether oxygens (including phenoxy) is 2. The summed E-state index contributed by atoms with van der Waals surface area (Å²) in [7, 11) is 0. The number of piperazine rings is 1. The van der Waals surface area contributed by atoms with Gasteiger partial charge in [0, 0.05) is 37.6 Å². The van der Waals surface area contributed by atoms with Gasteiger partial charge >= 0.3 is 0 Å². The summed E-state index contributed by atoms with van der Waals surface area (Å²) < 4.78 is 10.8. The van der Waals surface area contributed by atoms with Gasteiger partial charge in [0.25, 0.3) is 5.91 Å². The van der Waals surface area contributed by atoms with Crippen molar-refractivity contribution in [2.75, 3.05) is 33.0 Å². The highest BCUT2D eigenvalue weighted by atomic mass is 35.5. The average Bonchev–Trinajstić information content (AvgIpc) is 3.37. The highest BCUT2D eigenvalue weighted by molar-refractivity contribution is 7.14. The van der Waals surface area contributed by atoms with Crippen molar-refractivity contribution in [3.63, 3.8) is 0 Å². The summed E-state index contributed by atoms with van der Waals surface area (Å²) in [5.41, 5.74) is 2.63. The molecule has 0 radical (unpaired) electrons. The lowest BCUT2D eigenvalue weighted by Crippen LogP contribution is -2.48. The van der Waals surface area contributed by atoms with E-state index in [1.807, 2.05) is 11.0 Å². The lowest BCUT2D eigenvalue weighted by molar-refractivity contribution is 0.0633. The van der Waals surface area contributed by atoms with Crippen LogP contribution in [0.5, 0.6) is 11.5 Å². The number of hydrogen-bond acceptors (Lipinski definition) is 5. The van der Waals surface area contributed by atoms with Crippen molar-refractivity contribution in [2.24, 2.45) is 0 Å². The van der Waals surface area contributed by atoms with Gasteiger partial charge in [0.1, 0.15) is 0 Å². The van der Waals surface area contributed by atoms with Crippen LogP contribution in [0.2, 0.25) is 0 Å². The Morgan fingerprint density at radius 3 is 2.67 bits per heavy atom. The van der Waals surface area contributed by atoms with Crippen molar-refractivity contribution in [3.05, 3.63) is 45.1 Å². The van der Waals surface area contributed by atoms with Crippen molar-refractivity contribution in [2.45, 2.75) is 25.8 Å². The quantitative estimate of drug-likeness (QED) is 0.784. The fourth-order valence-corrected chi connectivity index (χ4v) is 5.22. The molecule has 0 atom stereocenters. The molecular formula is C20H23ClN2O3S. The Labute approximate surface area is 169 Å². The first-order valence-corrected chi connectivity index (χ1v) is 10.1. The molecule has 5 rings (SSSR count). The summed E-state index contributed by atoms with van der Waals surface area (Å²) in [6, 6.07) is 8.27. The molecule has 27 heavy (non-hydrogen) atoms. The van der Waals surface area contributed by atoms with Gasteiger partial charge in [-0.2, -0.15) is 0 Å². The van der Waals surface area contributed by atoms with Gasteiger partial charge in [0.2, 0.25) is 6.79 Å². The van der Waals surface area contributed by atoms with Crippen LogP contribution in [0.4, 0.5) is 0 Å². The molecular weight excluding hydrogens is 384 g/mol. The number of nitrogens with zero attached hydrogens (tertiary/aromatic N) is 2. The highest BCUT2D eigenvalue weighted by Crippen LogP contribution is 2.33. The van der Waals surface area contributed by atoms with Gasteiger partial charge in [-0.3, -0.25) is 9.69 Å². The second-order valence-electron chi connectivity index (χ2n) is 7.17. The zero-order valence-corrected chi connectivity index (χ0v) is 16.7. The molecule has 1 fully saturated rings. The predicted molar refractivity (Wildman–Crippen MR) is 107 cm³/mol. The summed E-state index contributed by atoms with van der Waals surface area (Å²) >= 11 is 1.71. The summed E-state index contributed by atoms with van der Waals surface area (Å²) in [6.07, 6.45) is 3.53. The number of halogens is 1. The van der Waals surface area contributed by atoms with Crippen molar-refractivity contribution in [3.8, 4) is 11.5 Å². The van der Waals surface area contributed by atoms with E-state index in [4.69, 9.17) is 9.47 Å². The first kappa shape index (κ1) is 18.6. The van der Waals surface area contributed by atoms with Crippen LogP contribution in [0.25, 0.3) is 0 Å². The van der Waals surface area contributed by atoms with E-state index in [2.05, 4.69) is 23.1 Å². The molecule has 1 aromatic heterocycles. The number of rotatable bonds is 3. The van der Waals surface area contributed by atoms with Crippen LogP contribution in [0.3, 0.4) is 0 Å². The highest BCUT2D eigenvalue weighted by Gasteiger charge is 2.26. The minimum Gasteiger partial charge on any atom is -0.454 e. The van der Waals surface area contributed by atoms with E-state index in [9.17, 15) is 4.79 Å². The van der Waals surface area contributed by atoms with Gasteiger partial charge in [-0.15, -0.1) is 23.7 Å². The maximum atomic E-state index is 12.8. The Kier molecular flexibility index (Phi) is 5.30. The molecule has 3 heterocycles. The second kappa shape index (κ2) is 7.70. The normalized spacial score (nSPS) is 18.3. The van der Waals surface area contributed by atoms with Gasteiger partial charge in [0.05, 0.1) is 4.88 Å². The summed E-state index contributed by atoms with van der Waals surface area (Å²) in [4.78, 5) is 19.6. The first-order chi connectivity index (χ1) is 12.8. The molecule has 144 valence electrons. The molecule has 2 aromatic rings. The number of thiophene rings is 1. The van der Waals surface area contributed by atoms with E-state index in [-0.39, 0.29) is 18.3 Å². The topological polar surface area (TPSA) is 42.0 Å². The zero-order chi connectivity index (χ0) is 17.5. The fraction of sp³-hybridized carbons (Fsp3) is 0.450. The zero-order valence-electron chi connectivity index (χ0n) is 15.1. The number of fused-ring (bicyclic) bond motifs is 2. The van der Waals surface area contributed by atoms with Crippen LogP contribution in [0.15, 0.2) is 24.3 Å². The fourth-order valence-electron chi connectivity index (χ4n) is 4.00. The Morgan fingerprint density at radius 2 is 1.85 bits per heavy atom. The molecule has 7 heteroatoms. The third kappa shape index (κ3) is 3.66. The third-order valence-electron chi connectivity index (χ3n) is 5.46. The van der Waals surface area contributed by atoms with E-state index >= 15 is 0 Å². The van der Waals surface area contributed by atoms with Crippen LogP contribution in [-0.2, 0) is 19.4 Å². The predicted octanol–water partition coefficient (Wildman–Crippen LogP) is 3.35. The Balaban J connectivity index is 0.00000180. The maximum Gasteiger partial charge on any atom is 0.264 e. The Bertz CT molecular complexity index is 824. The van der Waals surface area contributed by atoms with Gasteiger partial charge in [-0.25, -0.2) is 0 Å². The Morgan fingerprint density at radius 1 is 1.04 bits per heavy atom. The summed E-state index contributed by atoms with van der Waals surface area (Å²) in [6.45, 7) is 4.60. The van der Waals surface area contributed by atoms with E-state index in [0.29, 0.717) is 6.79 Å². The maximum absolute atomic E-state index is 12.8. The van der Waals surface area contributed by atoms with Gasteiger partial charge in [-0.1, -0.05) is 6.07 Å². The minimum atomic E-state index is 0. The molecule has 1 amide bonds. The SMILES string of the molecule is Cl.O=C(c1cc2c(s1)CCC2)N1CCN(Cc2ccc3c(c2)OCO3)CC1. The molecule has 0 saturated carbocycles. The Hall–Kier alpha value is -1.76. The summed E-state index contributed by atoms with van der Waals surface area (Å²) in [5, 5.41) is 0. The summed E-state index contributed by atoms with van der Waals surface area (Å²) in [5.74, 6) is 1.88.